The number of likely N-dealkylation sites (tertiary alicyclic amines) is 1. The molecule has 5 heteroatoms. The predicted octanol–water partition coefficient (Wildman–Crippen LogP) is 2.34. The Bertz CT molecular complexity index is 604. The summed E-state index contributed by atoms with van der Waals surface area (Å²) in [5.74, 6) is 2.05. The van der Waals surface area contributed by atoms with Crippen LogP contribution in [0.25, 0.3) is 0 Å². The zero-order valence-corrected chi connectivity index (χ0v) is 16.9. The quantitative estimate of drug-likeness (QED) is 0.751. The molecule has 2 fully saturated rings. The predicted molar refractivity (Wildman–Crippen MR) is 106 cm³/mol. The molecular weight excluding hydrogens is 340 g/mol. The summed E-state index contributed by atoms with van der Waals surface area (Å²) in [5, 5.41) is 3.34. The highest BCUT2D eigenvalue weighted by molar-refractivity contribution is 5.79. The number of rotatable bonds is 6. The van der Waals surface area contributed by atoms with E-state index in [1.165, 1.54) is 31.2 Å². The lowest BCUT2D eigenvalue weighted by atomic mass is 9.94. The van der Waals surface area contributed by atoms with E-state index in [9.17, 15) is 4.79 Å². The third-order valence-corrected chi connectivity index (χ3v) is 6.17. The minimum absolute atomic E-state index is 0.197. The van der Waals surface area contributed by atoms with Gasteiger partial charge >= 0.3 is 0 Å². The lowest BCUT2D eigenvalue weighted by Gasteiger charge is -2.30. The van der Waals surface area contributed by atoms with Gasteiger partial charge in [0.25, 0.3) is 0 Å². The molecule has 0 atom stereocenters. The number of nitrogens with one attached hydrogen (secondary N) is 2. The number of benzene rings is 1. The second kappa shape index (κ2) is 9.98. The monoisotopic (exact) mass is 375 g/mol. The van der Waals surface area contributed by atoms with Gasteiger partial charge in [-0.25, -0.2) is 0 Å². The highest BCUT2D eigenvalue weighted by Gasteiger charge is 2.29. The zero-order chi connectivity index (χ0) is 19.1. The van der Waals surface area contributed by atoms with E-state index in [4.69, 9.17) is 9.47 Å². The van der Waals surface area contributed by atoms with Gasteiger partial charge in [0.15, 0.2) is 11.5 Å². The second-order valence-electron chi connectivity index (χ2n) is 8.09. The van der Waals surface area contributed by atoms with Gasteiger partial charge < -0.3 is 19.7 Å². The summed E-state index contributed by atoms with van der Waals surface area (Å²) in [6.07, 6.45) is 9.47. The van der Waals surface area contributed by atoms with Gasteiger partial charge in [-0.2, -0.15) is 0 Å². The number of ether oxygens (including phenoxy) is 2. The molecule has 1 aromatic carbocycles. The van der Waals surface area contributed by atoms with E-state index in [2.05, 4.69) is 17.4 Å². The van der Waals surface area contributed by atoms with E-state index in [0.717, 1.165) is 56.8 Å². The molecule has 5 nitrogen and oxygen atoms in total. The summed E-state index contributed by atoms with van der Waals surface area (Å²) in [7, 11) is 3.33. The van der Waals surface area contributed by atoms with E-state index in [-0.39, 0.29) is 5.92 Å². The Balaban J connectivity index is 1.46. The Kier molecular flexibility index (Phi) is 7.39. The van der Waals surface area contributed by atoms with Crippen molar-refractivity contribution < 1.29 is 19.2 Å². The van der Waals surface area contributed by atoms with Gasteiger partial charge in [0.2, 0.25) is 5.91 Å². The lowest BCUT2D eigenvalue weighted by molar-refractivity contribution is -0.919. The van der Waals surface area contributed by atoms with Crippen LogP contribution in [0.4, 0.5) is 0 Å². The maximum absolute atomic E-state index is 12.6. The van der Waals surface area contributed by atoms with E-state index in [1.807, 2.05) is 6.07 Å². The molecule has 1 saturated heterocycles. The molecule has 150 valence electrons. The Labute approximate surface area is 163 Å². The van der Waals surface area contributed by atoms with Gasteiger partial charge in [-0.15, -0.1) is 0 Å². The van der Waals surface area contributed by atoms with Crippen molar-refractivity contribution in [1.29, 1.82) is 0 Å². The average Bonchev–Trinajstić information content (AvgIpc) is 2.97. The van der Waals surface area contributed by atoms with Crippen molar-refractivity contribution >= 4 is 5.91 Å². The van der Waals surface area contributed by atoms with Crippen LogP contribution in [0.5, 0.6) is 11.5 Å². The third-order valence-electron chi connectivity index (χ3n) is 6.17. The molecule has 0 radical (unpaired) electrons. The Morgan fingerprint density at radius 2 is 1.67 bits per heavy atom. The fourth-order valence-electron chi connectivity index (χ4n) is 4.49. The van der Waals surface area contributed by atoms with Crippen LogP contribution in [0.1, 0.15) is 56.9 Å². The van der Waals surface area contributed by atoms with Gasteiger partial charge in [0.1, 0.15) is 6.54 Å². The highest BCUT2D eigenvalue weighted by atomic mass is 16.5. The van der Waals surface area contributed by atoms with Crippen molar-refractivity contribution in [3.63, 3.8) is 0 Å². The summed E-state index contributed by atoms with van der Waals surface area (Å²) in [6, 6.07) is 6.56. The molecule has 1 aliphatic heterocycles. The molecule has 2 aliphatic rings. The summed E-state index contributed by atoms with van der Waals surface area (Å²) in [4.78, 5) is 14.2. The number of carbonyl (C=O) groups is 1. The van der Waals surface area contributed by atoms with E-state index >= 15 is 0 Å². The van der Waals surface area contributed by atoms with E-state index in [0.29, 0.717) is 11.9 Å². The van der Waals surface area contributed by atoms with Crippen LogP contribution in [0.3, 0.4) is 0 Å². The summed E-state index contributed by atoms with van der Waals surface area (Å²) < 4.78 is 10.7. The Hall–Kier alpha value is -1.75. The zero-order valence-electron chi connectivity index (χ0n) is 16.9. The van der Waals surface area contributed by atoms with Crippen molar-refractivity contribution in [2.45, 2.75) is 64.0 Å². The topological polar surface area (TPSA) is 52.0 Å². The molecule has 0 bridgehead atoms. The molecule has 1 aromatic rings. The first-order chi connectivity index (χ1) is 13.2. The standard InChI is InChI=1S/C22H34N2O3/c1-26-20-10-9-17(15-21(20)27-2)16-24-13-11-18(12-14-24)22(25)23-19-7-5-3-4-6-8-19/h9-10,15,18-19H,3-8,11-14,16H2,1-2H3,(H,23,25)/p+1. The number of piperidine rings is 1. The molecule has 0 unspecified atom stereocenters. The Morgan fingerprint density at radius 3 is 2.30 bits per heavy atom. The van der Waals surface area contributed by atoms with Crippen molar-refractivity contribution in [3.8, 4) is 11.5 Å². The van der Waals surface area contributed by atoms with Crippen LogP contribution in [-0.4, -0.2) is 39.3 Å². The lowest BCUT2D eigenvalue weighted by Crippen LogP contribution is -3.11. The SMILES string of the molecule is COc1ccc(C[NH+]2CCC(C(=O)NC3CCCCCC3)CC2)cc1OC. The molecule has 0 spiro atoms. The van der Waals surface area contributed by atoms with Crippen molar-refractivity contribution in [1.82, 2.24) is 5.32 Å². The number of hydrogen-bond acceptors (Lipinski definition) is 3. The van der Waals surface area contributed by atoms with Gasteiger partial charge in [0, 0.05) is 30.4 Å². The normalized spacial score (nSPS) is 24.1. The van der Waals surface area contributed by atoms with Crippen LogP contribution in [0.15, 0.2) is 18.2 Å². The molecule has 1 aliphatic carbocycles. The molecule has 1 saturated carbocycles. The van der Waals surface area contributed by atoms with Crippen molar-refractivity contribution in [2.75, 3.05) is 27.3 Å². The van der Waals surface area contributed by atoms with Crippen molar-refractivity contribution in [3.05, 3.63) is 23.8 Å². The largest absolute Gasteiger partial charge is 0.493 e. The van der Waals surface area contributed by atoms with Crippen LogP contribution in [0.2, 0.25) is 0 Å². The maximum Gasteiger partial charge on any atom is 0.223 e. The average molecular weight is 376 g/mol. The fourth-order valence-corrected chi connectivity index (χ4v) is 4.49. The summed E-state index contributed by atoms with van der Waals surface area (Å²) >= 11 is 0. The number of carbonyl (C=O) groups excluding carboxylic acids is 1. The number of methoxy groups -OCH3 is 2. The van der Waals surface area contributed by atoms with Gasteiger partial charge in [-0.1, -0.05) is 25.7 Å². The first-order valence-corrected chi connectivity index (χ1v) is 10.5. The first kappa shape index (κ1) is 20.0. The molecule has 1 amide bonds. The van der Waals surface area contributed by atoms with Gasteiger partial charge in [-0.3, -0.25) is 4.79 Å². The maximum atomic E-state index is 12.6. The molecule has 1 heterocycles. The Morgan fingerprint density at radius 1 is 1.00 bits per heavy atom. The number of hydrogen-bond donors (Lipinski definition) is 2. The highest BCUT2D eigenvalue weighted by Crippen LogP contribution is 2.27. The van der Waals surface area contributed by atoms with E-state index in [1.54, 1.807) is 19.1 Å². The molecule has 3 rings (SSSR count). The summed E-state index contributed by atoms with van der Waals surface area (Å²) in [6.45, 7) is 3.07. The van der Waals surface area contributed by atoms with Gasteiger partial charge in [0.05, 0.1) is 27.3 Å². The minimum Gasteiger partial charge on any atom is -0.493 e. The number of quaternary nitrogens is 1. The summed E-state index contributed by atoms with van der Waals surface area (Å²) in [5.41, 5.74) is 1.25. The molecule has 2 N–H and O–H groups in total. The molecular formula is C22H35N2O3+. The van der Waals surface area contributed by atoms with Crippen molar-refractivity contribution in [2.24, 2.45) is 5.92 Å². The third kappa shape index (κ3) is 5.61. The molecule has 27 heavy (non-hydrogen) atoms. The second-order valence-corrected chi connectivity index (χ2v) is 8.09. The van der Waals surface area contributed by atoms with Crippen LogP contribution in [0, 0.1) is 5.92 Å². The fraction of sp³-hybridized carbons (Fsp3) is 0.682. The number of amides is 1. The van der Waals surface area contributed by atoms with Crippen LogP contribution < -0.4 is 19.7 Å². The van der Waals surface area contributed by atoms with Gasteiger partial charge in [-0.05, 0) is 31.0 Å². The smallest absolute Gasteiger partial charge is 0.223 e. The molecule has 0 aromatic heterocycles. The van der Waals surface area contributed by atoms with Crippen LogP contribution >= 0.6 is 0 Å². The minimum atomic E-state index is 0.197. The van der Waals surface area contributed by atoms with E-state index < -0.39 is 0 Å². The first-order valence-electron chi connectivity index (χ1n) is 10.5. The van der Waals surface area contributed by atoms with Crippen LogP contribution in [-0.2, 0) is 11.3 Å².